The largest absolute Gasteiger partial charge is 0.479 e. The number of nitrogens with zero attached hydrogens (tertiary/aromatic N) is 4. The first-order valence-electron chi connectivity index (χ1n) is 21.7. The predicted octanol–water partition coefficient (Wildman–Crippen LogP) is 9.09. The number of rotatable bonds is 17. The topological polar surface area (TPSA) is 211 Å². The van der Waals surface area contributed by atoms with Crippen LogP contribution in [0.15, 0.2) is 78.0 Å². The highest BCUT2D eigenvalue weighted by atomic mass is 32.2. The van der Waals surface area contributed by atoms with E-state index in [1.165, 1.54) is 72.7 Å². The van der Waals surface area contributed by atoms with Crippen molar-refractivity contribution >= 4 is 70.2 Å². The van der Waals surface area contributed by atoms with Gasteiger partial charge in [0.05, 0.1) is 41.8 Å². The van der Waals surface area contributed by atoms with Gasteiger partial charge in [0, 0.05) is 37.8 Å². The lowest BCUT2D eigenvalue weighted by Crippen LogP contribution is -2.56. The van der Waals surface area contributed by atoms with Crippen molar-refractivity contribution in [3.8, 4) is 0 Å². The van der Waals surface area contributed by atoms with E-state index in [1.807, 2.05) is 0 Å². The highest BCUT2D eigenvalue weighted by molar-refractivity contribution is 7.92. The number of anilines is 2. The number of hydrogen-bond donors (Lipinski definition) is 2. The Morgan fingerprint density at radius 2 is 1.55 bits per heavy atom. The molecule has 1 fully saturated rings. The summed E-state index contributed by atoms with van der Waals surface area (Å²) >= 11 is 0. The van der Waals surface area contributed by atoms with E-state index in [0.29, 0.717) is 34.4 Å². The number of benzene rings is 3. The Hall–Kier alpha value is -6.12. The Morgan fingerprint density at radius 3 is 2.15 bits per heavy atom. The van der Waals surface area contributed by atoms with Gasteiger partial charge >= 0.3 is 24.2 Å². The molecule has 0 radical (unpaired) electrons. The van der Waals surface area contributed by atoms with E-state index in [2.05, 4.69) is 29.9 Å². The summed E-state index contributed by atoms with van der Waals surface area (Å²) in [6, 6.07) is 13.5. The molecule has 0 bridgehead atoms. The van der Waals surface area contributed by atoms with Crippen LogP contribution in [0.5, 0.6) is 0 Å². The number of sulfone groups is 1. The Kier molecular flexibility index (Phi) is 16.1. The van der Waals surface area contributed by atoms with Gasteiger partial charge in [0.2, 0.25) is 5.91 Å². The third kappa shape index (κ3) is 14.4. The van der Waals surface area contributed by atoms with E-state index in [-0.39, 0.29) is 47.0 Å². The Bertz CT molecular complexity index is 2580. The van der Waals surface area contributed by atoms with Gasteiger partial charge in [-0.2, -0.15) is 0 Å². The molecule has 4 amide bonds. The number of hydrogen-bond acceptors (Lipinski definition) is 13. The second-order valence-corrected chi connectivity index (χ2v) is 27.3. The molecule has 20 heteroatoms. The van der Waals surface area contributed by atoms with E-state index in [4.69, 9.17) is 18.9 Å². The van der Waals surface area contributed by atoms with Crippen LogP contribution in [0.25, 0.3) is 10.8 Å². The first kappa shape index (κ1) is 51.9. The molecular weight excluding hydrogens is 906 g/mol. The average Bonchev–Trinajstić information content (AvgIpc) is 4.06. The third-order valence-electron chi connectivity index (χ3n) is 9.97. The summed E-state index contributed by atoms with van der Waals surface area (Å²) in [5.74, 6) is -2.87. The molecule has 3 aromatic carbocycles. The molecule has 0 spiro atoms. The Morgan fingerprint density at radius 1 is 0.896 bits per heavy atom. The number of hydrazine groups is 1. The van der Waals surface area contributed by atoms with E-state index in [0.717, 1.165) is 17.2 Å². The summed E-state index contributed by atoms with van der Waals surface area (Å²) in [7, 11) is -3.65. The molecule has 1 atom stereocenters. The maximum Gasteiger partial charge on any atom is 0.439 e. The minimum Gasteiger partial charge on any atom is -0.479 e. The zero-order valence-corrected chi connectivity index (χ0v) is 41.4. The van der Waals surface area contributed by atoms with Crippen molar-refractivity contribution in [1.29, 1.82) is 0 Å². The molecule has 1 aliphatic carbocycles. The molecule has 0 saturated heterocycles. The number of fused-ring (bicyclic) bond motifs is 1. The molecule has 67 heavy (non-hydrogen) atoms. The lowest BCUT2D eigenvalue weighted by atomic mass is 10.0. The van der Waals surface area contributed by atoms with E-state index < -0.39 is 83.0 Å². The first-order chi connectivity index (χ1) is 31.1. The fourth-order valence-corrected chi connectivity index (χ4v) is 9.27. The number of amides is 4. The molecule has 1 saturated carbocycles. The van der Waals surface area contributed by atoms with Crippen LogP contribution < -0.4 is 10.3 Å². The van der Waals surface area contributed by atoms with Crippen LogP contribution in [-0.4, -0.2) is 103 Å². The van der Waals surface area contributed by atoms with Crippen molar-refractivity contribution in [3.05, 3.63) is 95.6 Å². The molecule has 2 N–H and O–H groups in total. The number of halogens is 1. The number of carbonyl (C=O) groups is 5. The smallest absolute Gasteiger partial charge is 0.439 e. The minimum atomic E-state index is -3.69. The van der Waals surface area contributed by atoms with Crippen LogP contribution in [0, 0.1) is 5.82 Å². The molecule has 1 heterocycles. The lowest BCUT2D eigenvalue weighted by Gasteiger charge is -2.39. The fourth-order valence-electron chi connectivity index (χ4n) is 6.69. The van der Waals surface area contributed by atoms with Gasteiger partial charge in [-0.05, 0) is 107 Å². The van der Waals surface area contributed by atoms with Crippen LogP contribution in [0.4, 0.5) is 30.1 Å². The van der Waals surface area contributed by atoms with Crippen molar-refractivity contribution in [2.24, 2.45) is 0 Å². The highest BCUT2D eigenvalue weighted by Gasteiger charge is 2.43. The van der Waals surface area contributed by atoms with E-state index >= 15 is 4.39 Å². The van der Waals surface area contributed by atoms with Gasteiger partial charge in [0.1, 0.15) is 23.6 Å². The molecule has 1 aromatic heterocycles. The maximum atomic E-state index is 15.2. The third-order valence-corrected chi connectivity index (χ3v) is 14.0. The van der Waals surface area contributed by atoms with E-state index in [1.54, 1.807) is 47.6 Å². The highest BCUT2D eigenvalue weighted by Crippen LogP contribution is 2.37. The fraction of sp³-hybridized carbons (Fsp3) is 0.447. The van der Waals surface area contributed by atoms with Crippen molar-refractivity contribution in [2.75, 3.05) is 30.6 Å². The van der Waals surface area contributed by atoms with Crippen LogP contribution >= 0.6 is 0 Å². The first-order valence-corrected chi connectivity index (χ1v) is 26.9. The van der Waals surface area contributed by atoms with Crippen LogP contribution in [0.2, 0.25) is 25.7 Å². The molecular formula is C47H60FN5O12SSi. The summed E-state index contributed by atoms with van der Waals surface area (Å²) in [6.45, 7) is 15.3. The van der Waals surface area contributed by atoms with Gasteiger partial charge in [-0.15, -0.1) is 5.01 Å². The van der Waals surface area contributed by atoms with Gasteiger partial charge in [-0.3, -0.25) is 14.8 Å². The number of carbonyl (C=O) groups excluding carboxylic acids is 4. The van der Waals surface area contributed by atoms with Crippen LogP contribution in [-0.2, 0) is 51.5 Å². The maximum absolute atomic E-state index is 15.2. The normalized spacial score (nSPS) is 13.6. The summed E-state index contributed by atoms with van der Waals surface area (Å²) < 4.78 is 64.4. The summed E-state index contributed by atoms with van der Waals surface area (Å²) in [5, 5.41) is 14.8. The summed E-state index contributed by atoms with van der Waals surface area (Å²) in [5.41, 5.74) is -1.41. The van der Waals surface area contributed by atoms with Crippen molar-refractivity contribution in [1.82, 2.24) is 14.9 Å². The molecule has 1 aliphatic rings. The number of aliphatic carboxylic acids is 1. The van der Waals surface area contributed by atoms with Crippen LogP contribution in [0.3, 0.4) is 0 Å². The van der Waals surface area contributed by atoms with Gasteiger partial charge in [0.15, 0.2) is 15.9 Å². The van der Waals surface area contributed by atoms with Gasteiger partial charge < -0.3 is 34.3 Å². The zero-order valence-electron chi connectivity index (χ0n) is 39.5. The minimum absolute atomic E-state index is 0.0195. The number of aromatic nitrogens is 1. The molecule has 5 rings (SSSR count). The molecule has 362 valence electrons. The SMILES string of the molecule is CN(Cc1cc(NC(=O)COCc2cccc(C(C(=O)O)N(c3ccc4cncc(F)c4c3)N(C(=O)OC(C)(C)C)C(=O)OC(C)(C)C)c2)ccc1S(=O)(=O)C1CC1)C(=O)OCC[Si](C)(C)C. The van der Waals surface area contributed by atoms with Gasteiger partial charge in [-0.25, -0.2) is 32.0 Å². The quantitative estimate of drug-likeness (QED) is 0.0574. The van der Waals surface area contributed by atoms with Crippen molar-refractivity contribution in [3.63, 3.8) is 0 Å². The molecule has 17 nitrogen and oxygen atoms in total. The Labute approximate surface area is 391 Å². The van der Waals surface area contributed by atoms with Gasteiger partial charge in [0.25, 0.3) is 0 Å². The average molecular weight is 966 g/mol. The number of carboxylic acid groups (broad SMARTS) is 1. The Balaban J connectivity index is 1.40. The van der Waals surface area contributed by atoms with Gasteiger partial charge in [-0.1, -0.05) is 50.0 Å². The second-order valence-electron chi connectivity index (χ2n) is 19.5. The standard InChI is InChI=1S/C47H60FN5O12SSi/c1-46(2,3)64-44(58)53(45(59)65-47(4,5)6)52(35-16-14-32-25-49-26-38(48)37(32)24-35)41(42(55)56)31-13-11-12-30(22-31)28-62-29-40(54)50-34-15-19-39(66(60,61)36-17-18-36)33(23-34)27-51(7)43(57)63-20-21-67(8,9)10/h11-16,19,22-26,36,41H,17-18,20-21,27-29H2,1-10H3,(H,50,54)(H,55,56). The van der Waals surface area contributed by atoms with E-state index in [9.17, 15) is 37.5 Å². The zero-order chi connectivity index (χ0) is 49.6. The number of pyridine rings is 1. The predicted molar refractivity (Wildman–Crippen MR) is 251 cm³/mol. The molecule has 1 unspecified atom stereocenters. The summed E-state index contributed by atoms with van der Waals surface area (Å²) in [6.07, 6.45) is 0.281. The number of nitrogens with one attached hydrogen (secondary N) is 1. The van der Waals surface area contributed by atoms with Crippen molar-refractivity contribution in [2.45, 2.75) is 121 Å². The monoisotopic (exact) mass is 965 g/mol. The molecule has 0 aliphatic heterocycles. The van der Waals surface area contributed by atoms with Crippen molar-refractivity contribution < 1.29 is 60.8 Å². The second kappa shape index (κ2) is 20.8. The number of carboxylic acids is 1. The number of ether oxygens (including phenoxy) is 4. The molecule has 4 aromatic rings. The van der Waals surface area contributed by atoms with Crippen LogP contribution in [0.1, 0.15) is 77.1 Å². The lowest BCUT2D eigenvalue weighted by molar-refractivity contribution is -0.139. The number of imide groups is 1. The summed E-state index contributed by atoms with van der Waals surface area (Å²) in [4.78, 5) is 72.8.